The summed E-state index contributed by atoms with van der Waals surface area (Å²) in [6.45, 7) is 1.77. The van der Waals surface area contributed by atoms with Crippen molar-refractivity contribution in [3.8, 4) is 5.75 Å². The Labute approximate surface area is 183 Å². The predicted molar refractivity (Wildman–Crippen MR) is 119 cm³/mol. The molecular formula is C23H28ClN3O3. The average Bonchev–Trinajstić information content (AvgIpc) is 3.13. The minimum atomic E-state index is -0.0198. The molecule has 2 aromatic rings. The van der Waals surface area contributed by atoms with Crippen LogP contribution >= 0.6 is 12.4 Å². The molecule has 1 saturated heterocycles. The summed E-state index contributed by atoms with van der Waals surface area (Å²) in [4.78, 5) is 25.9. The van der Waals surface area contributed by atoms with E-state index >= 15 is 0 Å². The number of carbonyl (C=O) groups is 2. The summed E-state index contributed by atoms with van der Waals surface area (Å²) in [5.41, 5.74) is 9.44. The van der Waals surface area contributed by atoms with Crippen LogP contribution in [-0.2, 0) is 16.0 Å². The van der Waals surface area contributed by atoms with E-state index in [4.69, 9.17) is 10.5 Å². The maximum Gasteiger partial charge on any atom is 0.224 e. The lowest BCUT2D eigenvalue weighted by Crippen LogP contribution is -2.32. The molecule has 2 heterocycles. The molecule has 0 unspecified atom stereocenters. The molecular weight excluding hydrogens is 402 g/mol. The summed E-state index contributed by atoms with van der Waals surface area (Å²) in [7, 11) is 0. The van der Waals surface area contributed by atoms with E-state index in [1.54, 1.807) is 0 Å². The zero-order valence-electron chi connectivity index (χ0n) is 16.9. The highest BCUT2D eigenvalue weighted by Crippen LogP contribution is 2.28. The smallest absolute Gasteiger partial charge is 0.224 e. The van der Waals surface area contributed by atoms with Crippen LogP contribution < -0.4 is 15.8 Å². The van der Waals surface area contributed by atoms with Crippen LogP contribution in [0.2, 0.25) is 0 Å². The van der Waals surface area contributed by atoms with Gasteiger partial charge in [-0.1, -0.05) is 30.3 Å². The fourth-order valence-corrected chi connectivity index (χ4v) is 4.11. The Kier molecular flexibility index (Phi) is 7.34. The zero-order chi connectivity index (χ0) is 20.2. The first-order valence-corrected chi connectivity index (χ1v) is 10.2. The molecule has 2 amide bonds. The van der Waals surface area contributed by atoms with Crippen LogP contribution in [0.4, 0.5) is 5.69 Å². The number of aryl methyl sites for hydroxylation is 1. The van der Waals surface area contributed by atoms with E-state index in [2.05, 4.69) is 17.4 Å². The molecule has 0 radical (unpaired) electrons. The fourth-order valence-electron chi connectivity index (χ4n) is 4.11. The number of halogens is 1. The molecule has 2 aliphatic rings. The molecule has 0 bridgehead atoms. The van der Waals surface area contributed by atoms with E-state index in [9.17, 15) is 9.59 Å². The molecule has 160 valence electrons. The van der Waals surface area contributed by atoms with Gasteiger partial charge in [-0.15, -0.1) is 12.4 Å². The minimum absolute atomic E-state index is 0. The second-order valence-corrected chi connectivity index (χ2v) is 7.80. The minimum Gasteiger partial charge on any atom is -0.494 e. The topological polar surface area (TPSA) is 84.7 Å². The molecule has 3 N–H and O–H groups in total. The van der Waals surface area contributed by atoms with E-state index in [0.29, 0.717) is 39.0 Å². The van der Waals surface area contributed by atoms with Crippen molar-refractivity contribution in [2.45, 2.75) is 37.6 Å². The number of nitrogens with two attached hydrogens (primary N) is 1. The lowest BCUT2D eigenvalue weighted by Gasteiger charge is -2.18. The van der Waals surface area contributed by atoms with Crippen molar-refractivity contribution in [3.05, 3.63) is 59.7 Å². The molecule has 4 rings (SSSR count). The van der Waals surface area contributed by atoms with Gasteiger partial charge in [-0.3, -0.25) is 9.59 Å². The summed E-state index contributed by atoms with van der Waals surface area (Å²) in [5, 5.41) is 2.86. The SMILES string of the molecule is Cl.N[C@@H]1CN(C(=O)CCCOc2ccc3c(c2)CCC(=O)N3)C[C@H]1c1ccccc1. The van der Waals surface area contributed by atoms with Crippen LogP contribution in [0.25, 0.3) is 0 Å². The highest BCUT2D eigenvalue weighted by molar-refractivity contribution is 5.94. The van der Waals surface area contributed by atoms with Gasteiger partial charge in [-0.25, -0.2) is 0 Å². The largest absolute Gasteiger partial charge is 0.494 e. The van der Waals surface area contributed by atoms with Crippen molar-refractivity contribution in [2.75, 3.05) is 25.0 Å². The van der Waals surface area contributed by atoms with E-state index in [1.807, 2.05) is 41.3 Å². The number of nitrogens with zero attached hydrogens (tertiary/aromatic N) is 1. The molecule has 2 atom stereocenters. The standard InChI is InChI=1S/C23H27N3O3.ClH/c24-20-15-26(14-19(20)16-5-2-1-3-6-16)23(28)7-4-12-29-18-9-10-21-17(13-18)8-11-22(27)25-21;/h1-3,5-6,9-10,13,19-20H,4,7-8,11-12,14-15,24H2,(H,25,27);1H/t19-,20+;/m0./s1. The van der Waals surface area contributed by atoms with Gasteiger partial charge in [0.05, 0.1) is 6.61 Å². The van der Waals surface area contributed by atoms with Gasteiger partial charge >= 0.3 is 0 Å². The van der Waals surface area contributed by atoms with Crippen LogP contribution in [0.1, 0.15) is 36.3 Å². The molecule has 1 fully saturated rings. The van der Waals surface area contributed by atoms with E-state index in [-0.39, 0.29) is 36.2 Å². The average molecular weight is 430 g/mol. The normalized spacial score (nSPS) is 20.2. The monoisotopic (exact) mass is 429 g/mol. The van der Waals surface area contributed by atoms with Crippen molar-refractivity contribution >= 4 is 29.9 Å². The Balaban J connectivity index is 0.00000256. The Hall–Kier alpha value is -2.57. The van der Waals surface area contributed by atoms with Crippen molar-refractivity contribution < 1.29 is 14.3 Å². The number of amides is 2. The first-order chi connectivity index (χ1) is 14.1. The zero-order valence-corrected chi connectivity index (χ0v) is 17.7. The maximum absolute atomic E-state index is 12.6. The summed E-state index contributed by atoms with van der Waals surface area (Å²) in [5.74, 6) is 1.17. The second-order valence-electron chi connectivity index (χ2n) is 7.80. The third-order valence-corrected chi connectivity index (χ3v) is 5.72. The first kappa shape index (κ1) is 22.1. The number of nitrogens with one attached hydrogen (secondary N) is 1. The molecule has 0 spiro atoms. The number of ether oxygens (including phenoxy) is 1. The molecule has 0 aliphatic carbocycles. The van der Waals surface area contributed by atoms with Gasteiger partial charge in [-0.2, -0.15) is 0 Å². The second kappa shape index (κ2) is 9.96. The van der Waals surface area contributed by atoms with Gasteiger partial charge in [-0.05, 0) is 42.2 Å². The van der Waals surface area contributed by atoms with Gasteiger partial charge in [0.2, 0.25) is 11.8 Å². The third-order valence-electron chi connectivity index (χ3n) is 5.72. The van der Waals surface area contributed by atoms with Crippen LogP contribution in [-0.4, -0.2) is 42.5 Å². The van der Waals surface area contributed by atoms with E-state index in [1.165, 1.54) is 5.56 Å². The van der Waals surface area contributed by atoms with Crippen molar-refractivity contribution in [2.24, 2.45) is 5.73 Å². The van der Waals surface area contributed by atoms with Crippen molar-refractivity contribution in [1.82, 2.24) is 4.90 Å². The van der Waals surface area contributed by atoms with Crippen LogP contribution in [0.5, 0.6) is 5.75 Å². The lowest BCUT2D eigenvalue weighted by molar-refractivity contribution is -0.130. The molecule has 7 heteroatoms. The Bertz CT molecular complexity index is 891. The Morgan fingerprint density at radius 3 is 2.73 bits per heavy atom. The third kappa shape index (κ3) is 5.12. The van der Waals surface area contributed by atoms with Gasteiger partial charge in [0, 0.05) is 43.6 Å². The number of anilines is 1. The molecule has 2 aliphatic heterocycles. The summed E-state index contributed by atoms with van der Waals surface area (Å²) in [6.07, 6.45) is 2.35. The van der Waals surface area contributed by atoms with Gasteiger partial charge in [0.25, 0.3) is 0 Å². The summed E-state index contributed by atoms with van der Waals surface area (Å²) >= 11 is 0. The summed E-state index contributed by atoms with van der Waals surface area (Å²) in [6, 6.07) is 15.9. The maximum atomic E-state index is 12.6. The first-order valence-electron chi connectivity index (χ1n) is 10.2. The van der Waals surface area contributed by atoms with Gasteiger partial charge in [0.1, 0.15) is 5.75 Å². The van der Waals surface area contributed by atoms with Gasteiger partial charge in [0.15, 0.2) is 0 Å². The molecule has 0 aromatic heterocycles. The predicted octanol–water partition coefficient (Wildman–Crippen LogP) is 3.11. The number of rotatable bonds is 6. The Morgan fingerprint density at radius 1 is 1.13 bits per heavy atom. The Morgan fingerprint density at radius 2 is 1.93 bits per heavy atom. The van der Waals surface area contributed by atoms with Gasteiger partial charge < -0.3 is 20.7 Å². The number of hydrogen-bond acceptors (Lipinski definition) is 4. The molecule has 0 saturated carbocycles. The number of hydrogen-bond donors (Lipinski definition) is 2. The molecule has 6 nitrogen and oxygen atoms in total. The van der Waals surface area contributed by atoms with Crippen LogP contribution in [0.15, 0.2) is 48.5 Å². The van der Waals surface area contributed by atoms with E-state index < -0.39 is 0 Å². The van der Waals surface area contributed by atoms with Crippen molar-refractivity contribution in [1.29, 1.82) is 0 Å². The highest BCUT2D eigenvalue weighted by atomic mass is 35.5. The fraction of sp³-hybridized carbons (Fsp3) is 0.391. The van der Waals surface area contributed by atoms with E-state index in [0.717, 1.165) is 23.4 Å². The van der Waals surface area contributed by atoms with Crippen LogP contribution in [0.3, 0.4) is 0 Å². The number of fused-ring (bicyclic) bond motifs is 1. The summed E-state index contributed by atoms with van der Waals surface area (Å²) < 4.78 is 5.82. The molecule has 2 aromatic carbocycles. The number of likely N-dealkylation sites (tertiary alicyclic amines) is 1. The van der Waals surface area contributed by atoms with Crippen LogP contribution in [0, 0.1) is 0 Å². The highest BCUT2D eigenvalue weighted by Gasteiger charge is 2.33. The molecule has 30 heavy (non-hydrogen) atoms. The lowest BCUT2D eigenvalue weighted by atomic mass is 9.95. The number of carbonyl (C=O) groups excluding carboxylic acids is 2. The number of benzene rings is 2. The quantitative estimate of drug-likeness (QED) is 0.691. The van der Waals surface area contributed by atoms with Crippen molar-refractivity contribution in [3.63, 3.8) is 0 Å².